The molecule has 14 nitrogen and oxygen atoms in total. The fraction of sp³-hybridized carbons (Fsp3) is 0.426. The lowest BCUT2D eigenvalue weighted by atomic mass is 9.95. The molecule has 326 valence electrons. The van der Waals surface area contributed by atoms with Crippen molar-refractivity contribution >= 4 is 63.2 Å². The van der Waals surface area contributed by atoms with Crippen molar-refractivity contribution in [1.82, 2.24) is 25.0 Å². The standard InChI is InChI=1S/C47H49F2N9O5/c1-28-26-57(29(2)25-56(28)38-9-7-37(50-3)44-32(38)5-4-14-51-44)43(60)22-31-6-8-39(35(48)21-31)54-15-12-30(13-16-54)27-53-17-19-55(20-18-53)41-24-34-33(23-36(41)49)46(62)58(47(34)63)40-10-11-42(59)52-45(40)61/h4-9,14,21,23-24,28-30,40H,10-13,15-20,22,25-27H2,1-2H3,(H,52,59,61)/t28-,29+,40?/m0/s1. The lowest BCUT2D eigenvalue weighted by Crippen LogP contribution is -2.58. The second-order valence-corrected chi connectivity index (χ2v) is 17.5. The van der Waals surface area contributed by atoms with Crippen molar-refractivity contribution in [3.8, 4) is 0 Å². The van der Waals surface area contributed by atoms with E-state index in [0.717, 1.165) is 41.4 Å². The number of halogens is 2. The van der Waals surface area contributed by atoms with Crippen LogP contribution < -0.4 is 20.0 Å². The summed E-state index contributed by atoms with van der Waals surface area (Å²) in [5, 5.41) is 3.09. The molecule has 0 radical (unpaired) electrons. The van der Waals surface area contributed by atoms with Crippen LogP contribution in [0.2, 0.25) is 0 Å². The minimum Gasteiger partial charge on any atom is -0.369 e. The second kappa shape index (κ2) is 17.0. The van der Waals surface area contributed by atoms with Crippen molar-refractivity contribution < 1.29 is 32.8 Å². The van der Waals surface area contributed by atoms with Gasteiger partial charge in [-0.25, -0.2) is 13.6 Å². The molecule has 4 aromatic rings. The topological polar surface area (TPSA) is 134 Å². The van der Waals surface area contributed by atoms with Gasteiger partial charge in [0.1, 0.15) is 17.7 Å². The first-order valence-corrected chi connectivity index (χ1v) is 21.8. The van der Waals surface area contributed by atoms with Gasteiger partial charge < -0.3 is 19.6 Å². The third kappa shape index (κ3) is 7.94. The number of anilines is 3. The quantitative estimate of drug-likeness (QED) is 0.187. The Morgan fingerprint density at radius 1 is 0.810 bits per heavy atom. The summed E-state index contributed by atoms with van der Waals surface area (Å²) in [7, 11) is 0. The Hall–Kier alpha value is -6.47. The highest BCUT2D eigenvalue weighted by molar-refractivity contribution is 6.23. The number of carbonyl (C=O) groups is 5. The molecule has 4 saturated heterocycles. The molecule has 16 heteroatoms. The van der Waals surface area contributed by atoms with Crippen LogP contribution in [0.3, 0.4) is 0 Å². The van der Waals surface area contributed by atoms with Gasteiger partial charge in [-0.05, 0) is 81.0 Å². The number of aromatic nitrogens is 1. The summed E-state index contributed by atoms with van der Waals surface area (Å²) in [5.74, 6) is -3.15. The first kappa shape index (κ1) is 41.9. The highest BCUT2D eigenvalue weighted by Crippen LogP contribution is 2.36. The molecule has 5 amide bonds. The molecule has 1 aromatic heterocycles. The van der Waals surface area contributed by atoms with Crippen molar-refractivity contribution in [2.75, 3.05) is 73.6 Å². The Morgan fingerprint density at radius 2 is 1.51 bits per heavy atom. The number of rotatable bonds is 8. The number of piperazine rings is 2. The van der Waals surface area contributed by atoms with Crippen LogP contribution in [0, 0.1) is 24.1 Å². The smallest absolute Gasteiger partial charge is 0.262 e. The Bertz CT molecular complexity index is 2570. The molecule has 9 rings (SSSR count). The molecule has 4 fully saturated rings. The van der Waals surface area contributed by atoms with Gasteiger partial charge in [0.25, 0.3) is 11.8 Å². The van der Waals surface area contributed by atoms with Crippen LogP contribution in [0.5, 0.6) is 0 Å². The number of pyridine rings is 1. The Balaban J connectivity index is 0.750. The molecule has 1 N–H and O–H groups in total. The normalized spacial score (nSPS) is 22.5. The third-order valence-corrected chi connectivity index (χ3v) is 13.5. The second-order valence-electron chi connectivity index (χ2n) is 17.5. The summed E-state index contributed by atoms with van der Waals surface area (Å²) >= 11 is 0. The lowest BCUT2D eigenvalue weighted by molar-refractivity contribution is -0.136. The van der Waals surface area contributed by atoms with Crippen LogP contribution in [0.1, 0.15) is 65.8 Å². The summed E-state index contributed by atoms with van der Waals surface area (Å²) in [6.45, 7) is 17.5. The summed E-state index contributed by atoms with van der Waals surface area (Å²) < 4.78 is 31.2. The number of nitrogens with one attached hydrogen (secondary N) is 1. The van der Waals surface area contributed by atoms with Crippen LogP contribution in [-0.4, -0.2) is 126 Å². The van der Waals surface area contributed by atoms with E-state index in [1.54, 1.807) is 12.3 Å². The summed E-state index contributed by atoms with van der Waals surface area (Å²) in [6.07, 6.45) is 3.61. The molecule has 5 aliphatic heterocycles. The molecule has 3 atom stereocenters. The van der Waals surface area contributed by atoms with Gasteiger partial charge in [0.15, 0.2) is 0 Å². The van der Waals surface area contributed by atoms with E-state index in [1.165, 1.54) is 12.1 Å². The Labute approximate surface area is 364 Å². The number of imide groups is 2. The predicted molar refractivity (Wildman–Crippen MR) is 233 cm³/mol. The maximum Gasteiger partial charge on any atom is 0.262 e. The van der Waals surface area contributed by atoms with Crippen LogP contribution in [0.15, 0.2) is 60.8 Å². The van der Waals surface area contributed by atoms with Gasteiger partial charge in [-0.3, -0.25) is 44.1 Å². The highest BCUT2D eigenvalue weighted by atomic mass is 19.1. The van der Waals surface area contributed by atoms with Crippen molar-refractivity contribution in [3.05, 3.63) is 101 Å². The summed E-state index contributed by atoms with van der Waals surface area (Å²) in [6, 6.07) is 14.1. The molecule has 6 heterocycles. The Morgan fingerprint density at radius 3 is 2.22 bits per heavy atom. The molecule has 0 spiro atoms. The molecule has 0 bridgehead atoms. The minimum absolute atomic E-state index is 0.00488. The van der Waals surface area contributed by atoms with E-state index in [4.69, 9.17) is 6.57 Å². The fourth-order valence-corrected chi connectivity index (χ4v) is 10.1. The van der Waals surface area contributed by atoms with E-state index in [1.807, 2.05) is 47.1 Å². The Kier molecular flexibility index (Phi) is 11.3. The maximum absolute atomic E-state index is 15.7. The number of hydrogen-bond donors (Lipinski definition) is 1. The van der Waals surface area contributed by atoms with E-state index in [2.05, 4.69) is 36.8 Å². The van der Waals surface area contributed by atoms with Gasteiger partial charge in [-0.1, -0.05) is 18.2 Å². The van der Waals surface area contributed by atoms with E-state index >= 15 is 8.78 Å². The zero-order chi connectivity index (χ0) is 44.1. The largest absolute Gasteiger partial charge is 0.369 e. The van der Waals surface area contributed by atoms with Gasteiger partial charge in [0.2, 0.25) is 23.4 Å². The van der Waals surface area contributed by atoms with Crippen LogP contribution >= 0.6 is 0 Å². The molecule has 1 unspecified atom stereocenters. The average Bonchev–Trinajstić information content (AvgIpc) is 3.51. The molecule has 63 heavy (non-hydrogen) atoms. The van der Waals surface area contributed by atoms with Gasteiger partial charge in [-0.15, -0.1) is 0 Å². The predicted octanol–water partition coefficient (Wildman–Crippen LogP) is 5.17. The van der Waals surface area contributed by atoms with Crippen molar-refractivity contribution in [2.45, 2.75) is 64.1 Å². The number of amides is 5. The van der Waals surface area contributed by atoms with E-state index in [-0.39, 0.29) is 59.9 Å². The number of fused-ring (bicyclic) bond motifs is 2. The molecular weight excluding hydrogens is 809 g/mol. The first-order chi connectivity index (χ1) is 30.4. The third-order valence-electron chi connectivity index (χ3n) is 13.5. The zero-order valence-electron chi connectivity index (χ0n) is 35.4. The van der Waals surface area contributed by atoms with Gasteiger partial charge in [0, 0.05) is 94.7 Å². The lowest BCUT2D eigenvalue weighted by Gasteiger charge is -2.45. The van der Waals surface area contributed by atoms with Crippen molar-refractivity contribution in [3.63, 3.8) is 0 Å². The monoisotopic (exact) mass is 857 g/mol. The highest BCUT2D eigenvalue weighted by Gasteiger charge is 2.45. The van der Waals surface area contributed by atoms with Gasteiger partial charge >= 0.3 is 0 Å². The van der Waals surface area contributed by atoms with Crippen molar-refractivity contribution in [2.24, 2.45) is 5.92 Å². The number of carbonyl (C=O) groups excluding carboxylic acids is 5. The summed E-state index contributed by atoms with van der Waals surface area (Å²) in [5.41, 5.74) is 3.56. The fourth-order valence-electron chi connectivity index (χ4n) is 10.1. The van der Waals surface area contributed by atoms with Crippen LogP contribution in [0.4, 0.5) is 31.5 Å². The van der Waals surface area contributed by atoms with Gasteiger partial charge in [-0.2, -0.15) is 0 Å². The molecule has 3 aromatic carbocycles. The number of nitrogens with zero attached hydrogens (tertiary/aromatic N) is 8. The van der Waals surface area contributed by atoms with Crippen molar-refractivity contribution in [1.29, 1.82) is 0 Å². The summed E-state index contributed by atoms with van der Waals surface area (Å²) in [4.78, 5) is 83.6. The van der Waals surface area contributed by atoms with E-state index < -0.39 is 35.5 Å². The maximum atomic E-state index is 15.7. The van der Waals surface area contributed by atoms with Crippen LogP contribution in [0.25, 0.3) is 15.7 Å². The first-order valence-electron chi connectivity index (χ1n) is 21.8. The molecule has 0 aliphatic carbocycles. The SMILES string of the molecule is [C-]#[N+]c1ccc(N2C[C@@H](C)N(C(=O)Cc3ccc(N4CCC(CN5CCN(c6cc7c(cc6F)C(=O)N(C6CCC(=O)NC6=O)C7=O)CC5)CC4)c(F)c3)C[C@@H]2C)c2cccnc12. The molecule has 0 saturated carbocycles. The molecule has 5 aliphatic rings. The van der Waals surface area contributed by atoms with Crippen LogP contribution in [-0.2, 0) is 20.8 Å². The zero-order valence-corrected chi connectivity index (χ0v) is 35.4. The van der Waals surface area contributed by atoms with Gasteiger partial charge in [0.05, 0.1) is 41.0 Å². The number of hydrogen-bond acceptors (Lipinski definition) is 10. The minimum atomic E-state index is -1.12. The van der Waals surface area contributed by atoms with E-state index in [0.29, 0.717) is 80.7 Å². The number of benzene rings is 3. The van der Waals surface area contributed by atoms with E-state index in [9.17, 15) is 24.0 Å². The molecular formula is C47H49F2N9O5. The number of piperidine rings is 2. The average molecular weight is 858 g/mol.